The summed E-state index contributed by atoms with van der Waals surface area (Å²) in [4.78, 5) is 2.30. The molecule has 0 bridgehead atoms. The average Bonchev–Trinajstić information content (AvgIpc) is 2.40. The predicted octanol–water partition coefficient (Wildman–Crippen LogP) is 0.512. The van der Waals surface area contributed by atoms with Gasteiger partial charge in [-0.05, 0) is 12.8 Å². The highest BCUT2D eigenvalue weighted by atomic mass is 32.2. The van der Waals surface area contributed by atoms with Crippen molar-refractivity contribution in [2.24, 2.45) is 5.41 Å². The molecule has 2 aliphatic heterocycles. The SMILES string of the molecule is CC(C)NCC1(CN2CCS(=O)(=O)CC2)CCCOC1. The molecule has 2 rings (SSSR count). The standard InChI is InChI=1S/C14H28N2O3S/c1-13(2)15-10-14(4-3-7-19-12-14)11-16-5-8-20(17,18)9-6-16/h13,15H,3-12H2,1-2H3. The summed E-state index contributed by atoms with van der Waals surface area (Å²) >= 11 is 0. The van der Waals surface area contributed by atoms with Gasteiger partial charge in [-0.3, -0.25) is 0 Å². The lowest BCUT2D eigenvalue weighted by molar-refractivity contribution is -0.0258. The van der Waals surface area contributed by atoms with Gasteiger partial charge in [-0.15, -0.1) is 0 Å². The Kier molecular flexibility index (Phi) is 5.45. The van der Waals surface area contributed by atoms with E-state index >= 15 is 0 Å². The van der Waals surface area contributed by atoms with Gasteiger partial charge in [0.15, 0.2) is 9.84 Å². The highest BCUT2D eigenvalue weighted by molar-refractivity contribution is 7.91. The number of hydrogen-bond acceptors (Lipinski definition) is 5. The summed E-state index contributed by atoms with van der Waals surface area (Å²) in [7, 11) is -2.79. The van der Waals surface area contributed by atoms with Crippen molar-refractivity contribution in [1.29, 1.82) is 0 Å². The highest BCUT2D eigenvalue weighted by Gasteiger charge is 2.36. The zero-order valence-electron chi connectivity index (χ0n) is 12.7. The minimum atomic E-state index is -2.79. The fourth-order valence-corrected chi connectivity index (χ4v) is 4.31. The Morgan fingerprint density at radius 1 is 1.30 bits per heavy atom. The zero-order chi connectivity index (χ0) is 14.6. The Labute approximate surface area is 123 Å². The van der Waals surface area contributed by atoms with Gasteiger partial charge in [0.25, 0.3) is 0 Å². The molecule has 20 heavy (non-hydrogen) atoms. The van der Waals surface area contributed by atoms with E-state index in [0.29, 0.717) is 30.6 Å². The summed E-state index contributed by atoms with van der Waals surface area (Å²) < 4.78 is 28.8. The Morgan fingerprint density at radius 3 is 2.55 bits per heavy atom. The molecule has 0 aromatic heterocycles. The van der Waals surface area contributed by atoms with Crippen molar-refractivity contribution in [2.45, 2.75) is 32.7 Å². The van der Waals surface area contributed by atoms with Gasteiger partial charge in [0.2, 0.25) is 0 Å². The Balaban J connectivity index is 1.93. The van der Waals surface area contributed by atoms with Crippen LogP contribution < -0.4 is 5.32 Å². The number of ether oxygens (including phenoxy) is 1. The van der Waals surface area contributed by atoms with E-state index in [0.717, 1.165) is 39.1 Å². The van der Waals surface area contributed by atoms with E-state index in [4.69, 9.17) is 4.74 Å². The van der Waals surface area contributed by atoms with Gasteiger partial charge in [-0.1, -0.05) is 13.8 Å². The first kappa shape index (κ1) is 16.2. The number of nitrogens with zero attached hydrogens (tertiary/aromatic N) is 1. The van der Waals surface area contributed by atoms with Gasteiger partial charge in [0.05, 0.1) is 18.1 Å². The minimum Gasteiger partial charge on any atom is -0.381 e. The van der Waals surface area contributed by atoms with Gasteiger partial charge >= 0.3 is 0 Å². The molecule has 1 atom stereocenters. The maximum atomic E-state index is 11.5. The molecule has 0 amide bonds. The second-order valence-electron chi connectivity index (χ2n) is 6.62. The molecule has 6 heteroatoms. The van der Waals surface area contributed by atoms with E-state index in [-0.39, 0.29) is 5.41 Å². The van der Waals surface area contributed by atoms with Gasteiger partial charge in [0.1, 0.15) is 0 Å². The lowest BCUT2D eigenvalue weighted by Crippen LogP contribution is -2.52. The van der Waals surface area contributed by atoms with E-state index < -0.39 is 9.84 Å². The summed E-state index contributed by atoms with van der Waals surface area (Å²) in [5.41, 5.74) is 0.142. The molecule has 2 heterocycles. The van der Waals surface area contributed by atoms with Crippen LogP contribution in [0, 0.1) is 5.41 Å². The summed E-state index contributed by atoms with van der Waals surface area (Å²) in [5.74, 6) is 0.614. The maximum absolute atomic E-state index is 11.5. The molecular weight excluding hydrogens is 276 g/mol. The van der Waals surface area contributed by atoms with Crippen LogP contribution in [0.1, 0.15) is 26.7 Å². The van der Waals surface area contributed by atoms with E-state index in [2.05, 4.69) is 24.1 Å². The number of rotatable bonds is 5. The molecule has 1 N–H and O–H groups in total. The molecule has 5 nitrogen and oxygen atoms in total. The number of hydrogen-bond donors (Lipinski definition) is 1. The number of nitrogens with one attached hydrogen (secondary N) is 1. The molecule has 0 spiro atoms. The van der Waals surface area contributed by atoms with Crippen molar-refractivity contribution in [1.82, 2.24) is 10.2 Å². The minimum absolute atomic E-state index is 0.142. The van der Waals surface area contributed by atoms with E-state index in [9.17, 15) is 8.42 Å². The molecule has 0 aliphatic carbocycles. The molecule has 0 aromatic carbocycles. The number of sulfone groups is 1. The Hall–Kier alpha value is -0.170. The van der Waals surface area contributed by atoms with E-state index in [1.807, 2.05) is 0 Å². The summed E-state index contributed by atoms with van der Waals surface area (Å²) in [6.45, 7) is 9.21. The highest BCUT2D eigenvalue weighted by Crippen LogP contribution is 2.29. The van der Waals surface area contributed by atoms with Crippen molar-refractivity contribution >= 4 is 9.84 Å². The van der Waals surface area contributed by atoms with Crippen LogP contribution in [0.2, 0.25) is 0 Å². The zero-order valence-corrected chi connectivity index (χ0v) is 13.5. The van der Waals surface area contributed by atoms with Gasteiger partial charge in [-0.25, -0.2) is 8.42 Å². The molecule has 0 radical (unpaired) electrons. The smallest absolute Gasteiger partial charge is 0.152 e. The van der Waals surface area contributed by atoms with Crippen LogP contribution in [0.5, 0.6) is 0 Å². The Bertz CT molecular complexity index is 389. The first-order chi connectivity index (χ1) is 9.41. The maximum Gasteiger partial charge on any atom is 0.152 e. The molecule has 0 aromatic rings. The third kappa shape index (κ3) is 4.69. The van der Waals surface area contributed by atoms with Crippen LogP contribution >= 0.6 is 0 Å². The second-order valence-corrected chi connectivity index (χ2v) is 8.92. The van der Waals surface area contributed by atoms with Crippen LogP contribution in [0.25, 0.3) is 0 Å². The van der Waals surface area contributed by atoms with Crippen LogP contribution in [0.15, 0.2) is 0 Å². The molecule has 2 saturated heterocycles. The third-order valence-corrected chi connectivity index (χ3v) is 5.89. The summed E-state index contributed by atoms with van der Waals surface area (Å²) in [6.07, 6.45) is 2.27. The first-order valence-electron chi connectivity index (χ1n) is 7.65. The van der Waals surface area contributed by atoms with Crippen LogP contribution in [0.3, 0.4) is 0 Å². The van der Waals surface area contributed by atoms with Crippen LogP contribution in [-0.2, 0) is 14.6 Å². The fourth-order valence-electron chi connectivity index (χ4n) is 3.03. The van der Waals surface area contributed by atoms with Crippen LogP contribution in [0.4, 0.5) is 0 Å². The molecule has 1 unspecified atom stereocenters. The van der Waals surface area contributed by atoms with Crippen molar-refractivity contribution in [3.05, 3.63) is 0 Å². The lowest BCUT2D eigenvalue weighted by Gasteiger charge is -2.42. The average molecular weight is 304 g/mol. The van der Waals surface area contributed by atoms with Crippen molar-refractivity contribution in [3.8, 4) is 0 Å². The van der Waals surface area contributed by atoms with Crippen LogP contribution in [-0.4, -0.2) is 70.3 Å². The summed E-state index contributed by atoms with van der Waals surface area (Å²) in [6, 6.07) is 0.468. The van der Waals surface area contributed by atoms with E-state index in [1.54, 1.807) is 0 Å². The summed E-state index contributed by atoms with van der Waals surface area (Å²) in [5, 5.41) is 3.54. The molecule has 2 fully saturated rings. The molecule has 118 valence electrons. The van der Waals surface area contributed by atoms with Gasteiger partial charge in [0, 0.05) is 44.2 Å². The monoisotopic (exact) mass is 304 g/mol. The lowest BCUT2D eigenvalue weighted by atomic mass is 9.81. The molecule has 2 aliphatic rings. The van der Waals surface area contributed by atoms with Gasteiger partial charge in [-0.2, -0.15) is 0 Å². The van der Waals surface area contributed by atoms with Crippen molar-refractivity contribution in [3.63, 3.8) is 0 Å². The fraction of sp³-hybridized carbons (Fsp3) is 1.00. The van der Waals surface area contributed by atoms with E-state index in [1.165, 1.54) is 0 Å². The predicted molar refractivity (Wildman–Crippen MR) is 80.7 cm³/mol. The first-order valence-corrected chi connectivity index (χ1v) is 9.47. The quantitative estimate of drug-likeness (QED) is 0.802. The van der Waals surface area contributed by atoms with Gasteiger partial charge < -0.3 is 15.0 Å². The topological polar surface area (TPSA) is 58.6 Å². The normalized spacial score (nSPS) is 31.6. The third-order valence-electron chi connectivity index (χ3n) is 4.29. The molecular formula is C14H28N2O3S. The Morgan fingerprint density at radius 2 is 2.00 bits per heavy atom. The van der Waals surface area contributed by atoms with Crippen molar-refractivity contribution in [2.75, 3.05) is 50.9 Å². The molecule has 0 saturated carbocycles. The second kappa shape index (κ2) is 6.73. The largest absolute Gasteiger partial charge is 0.381 e. The van der Waals surface area contributed by atoms with Crippen molar-refractivity contribution < 1.29 is 13.2 Å².